The zero-order valence-electron chi connectivity index (χ0n) is 12.0. The summed E-state index contributed by atoms with van der Waals surface area (Å²) in [6, 6.07) is 8.37. The fourth-order valence-corrected chi connectivity index (χ4v) is 3.29. The molecule has 4 N–H and O–H groups in total. The van der Waals surface area contributed by atoms with Gasteiger partial charge in [0.15, 0.2) is 5.78 Å². The van der Waals surface area contributed by atoms with Crippen LogP contribution in [0.3, 0.4) is 0 Å². The van der Waals surface area contributed by atoms with Crippen molar-refractivity contribution < 1.29 is 9.59 Å². The Morgan fingerprint density at radius 2 is 2.17 bits per heavy atom. The van der Waals surface area contributed by atoms with Gasteiger partial charge in [0, 0.05) is 28.0 Å². The molecule has 0 saturated heterocycles. The Morgan fingerprint density at radius 3 is 2.91 bits per heavy atom. The van der Waals surface area contributed by atoms with Gasteiger partial charge in [0.25, 0.3) is 0 Å². The lowest BCUT2D eigenvalue weighted by molar-refractivity contribution is -0.117. The van der Waals surface area contributed by atoms with Gasteiger partial charge >= 0.3 is 0 Å². The van der Waals surface area contributed by atoms with Crippen molar-refractivity contribution in [2.24, 2.45) is 5.73 Å². The van der Waals surface area contributed by atoms with Crippen molar-refractivity contribution in [2.45, 2.75) is 12.5 Å². The summed E-state index contributed by atoms with van der Waals surface area (Å²) in [6.07, 6.45) is 1.70. The number of Topliss-reactive ketones (excluding diaryl/α,β-unsaturated/α-hetero) is 1. The molecular weight excluding hydrogens is 378 g/mol. The summed E-state index contributed by atoms with van der Waals surface area (Å²) >= 11 is 4.75. The molecule has 23 heavy (non-hydrogen) atoms. The van der Waals surface area contributed by atoms with Gasteiger partial charge in [-0.25, -0.2) is 0 Å². The lowest BCUT2D eigenvalue weighted by Crippen LogP contribution is -2.37. The van der Waals surface area contributed by atoms with Crippen molar-refractivity contribution in [3.05, 3.63) is 51.3 Å². The number of H-pyrrole nitrogens is 1. The zero-order chi connectivity index (χ0) is 16.4. The molecule has 2 heterocycles. The number of carbonyl (C=O) groups excluding carboxylic acids is 2. The molecule has 7 heteroatoms. The molecule has 118 valence electrons. The molecule has 2 aromatic heterocycles. The highest BCUT2D eigenvalue weighted by atomic mass is 79.9. The minimum atomic E-state index is -0.887. The van der Waals surface area contributed by atoms with Crippen LogP contribution in [0.1, 0.15) is 16.1 Å². The number of aromatic nitrogens is 1. The summed E-state index contributed by atoms with van der Waals surface area (Å²) < 4.78 is 0.914. The van der Waals surface area contributed by atoms with Gasteiger partial charge in [-0.15, -0.1) is 11.3 Å². The van der Waals surface area contributed by atoms with Crippen molar-refractivity contribution >= 4 is 55.5 Å². The molecule has 1 aromatic carbocycles. The Bertz CT molecular complexity index is 857. The van der Waals surface area contributed by atoms with Crippen LogP contribution < -0.4 is 11.1 Å². The van der Waals surface area contributed by atoms with Gasteiger partial charge in [0.1, 0.15) is 0 Å². The first-order valence-electron chi connectivity index (χ1n) is 6.94. The number of amides is 1. The van der Waals surface area contributed by atoms with Gasteiger partial charge in [-0.1, -0.05) is 22.0 Å². The van der Waals surface area contributed by atoms with Gasteiger partial charge in [0.2, 0.25) is 5.91 Å². The number of rotatable bonds is 5. The van der Waals surface area contributed by atoms with E-state index in [1.54, 1.807) is 18.3 Å². The monoisotopic (exact) mass is 391 g/mol. The number of thiophene rings is 1. The molecule has 0 bridgehead atoms. The second-order valence-electron chi connectivity index (χ2n) is 5.09. The first-order valence-corrected chi connectivity index (χ1v) is 8.61. The molecule has 3 aromatic rings. The van der Waals surface area contributed by atoms with Gasteiger partial charge in [-0.2, -0.15) is 0 Å². The molecule has 0 aliphatic heterocycles. The van der Waals surface area contributed by atoms with Crippen LogP contribution >= 0.6 is 27.3 Å². The molecule has 1 atom stereocenters. The zero-order valence-corrected chi connectivity index (χ0v) is 14.4. The van der Waals surface area contributed by atoms with Gasteiger partial charge in [0.05, 0.1) is 16.6 Å². The smallest absolute Gasteiger partial charge is 0.241 e. The number of hydrogen-bond donors (Lipinski definition) is 3. The maximum absolute atomic E-state index is 12.2. The Labute approximate surface area is 145 Å². The van der Waals surface area contributed by atoms with Gasteiger partial charge in [-0.3, -0.25) is 9.59 Å². The number of anilines is 1. The lowest BCUT2D eigenvalue weighted by Gasteiger charge is -2.10. The molecule has 5 nitrogen and oxygen atoms in total. The molecule has 0 aliphatic rings. The molecule has 0 fully saturated rings. The highest BCUT2D eigenvalue weighted by Gasteiger charge is 2.20. The second-order valence-corrected chi connectivity index (χ2v) is 6.96. The summed E-state index contributed by atoms with van der Waals surface area (Å²) in [5.41, 5.74) is 7.42. The Morgan fingerprint density at radius 1 is 1.35 bits per heavy atom. The van der Waals surface area contributed by atoms with E-state index in [2.05, 4.69) is 26.2 Å². The van der Waals surface area contributed by atoms with Crippen LogP contribution in [0.2, 0.25) is 0 Å². The third kappa shape index (κ3) is 3.52. The van der Waals surface area contributed by atoms with Crippen LogP contribution in [0.25, 0.3) is 10.9 Å². The van der Waals surface area contributed by atoms with E-state index in [4.69, 9.17) is 5.73 Å². The topological polar surface area (TPSA) is 88.0 Å². The van der Waals surface area contributed by atoms with E-state index in [1.165, 1.54) is 11.3 Å². The third-order valence-corrected chi connectivity index (χ3v) is 4.84. The number of benzene rings is 1. The quantitative estimate of drug-likeness (QED) is 0.581. The summed E-state index contributed by atoms with van der Waals surface area (Å²) in [5.74, 6) is -0.500. The maximum atomic E-state index is 12.2. The van der Waals surface area contributed by atoms with Gasteiger partial charge < -0.3 is 16.0 Å². The van der Waals surface area contributed by atoms with E-state index in [0.29, 0.717) is 10.6 Å². The number of fused-ring (bicyclic) bond motifs is 1. The van der Waals surface area contributed by atoms with E-state index >= 15 is 0 Å². The molecule has 1 unspecified atom stereocenters. The lowest BCUT2D eigenvalue weighted by atomic mass is 10.1. The molecule has 0 radical (unpaired) electrons. The fourth-order valence-electron chi connectivity index (χ4n) is 2.25. The SMILES string of the molecule is NC(CC(=O)c1cccs1)C(=O)Nc1c[nH]c2ccc(Br)cc12. The van der Waals surface area contributed by atoms with E-state index in [-0.39, 0.29) is 18.1 Å². The van der Waals surface area contributed by atoms with Crippen LogP contribution in [0.4, 0.5) is 5.69 Å². The van der Waals surface area contributed by atoms with Crippen LogP contribution in [0.15, 0.2) is 46.4 Å². The largest absolute Gasteiger partial charge is 0.359 e. The molecule has 3 rings (SSSR count). The van der Waals surface area contributed by atoms with Crippen molar-refractivity contribution in [3.63, 3.8) is 0 Å². The van der Waals surface area contributed by atoms with Crippen LogP contribution in [0.5, 0.6) is 0 Å². The normalized spacial score (nSPS) is 12.3. The number of nitrogens with two attached hydrogens (primary N) is 1. The second kappa shape index (κ2) is 6.66. The predicted octanol–water partition coefficient (Wildman–Crippen LogP) is 3.53. The molecular formula is C16H14BrN3O2S. The number of ketones is 1. The molecule has 0 spiro atoms. The number of halogens is 1. The summed E-state index contributed by atoms with van der Waals surface area (Å²) in [5, 5.41) is 5.48. The fraction of sp³-hybridized carbons (Fsp3) is 0.125. The number of aromatic amines is 1. The van der Waals surface area contributed by atoms with Crippen molar-refractivity contribution in [1.29, 1.82) is 0 Å². The van der Waals surface area contributed by atoms with E-state index in [1.807, 2.05) is 23.6 Å². The maximum Gasteiger partial charge on any atom is 0.241 e. The third-order valence-electron chi connectivity index (χ3n) is 3.44. The summed E-state index contributed by atoms with van der Waals surface area (Å²) in [4.78, 5) is 27.9. The molecule has 0 aliphatic carbocycles. The standard InChI is InChI=1S/C16H14BrN3O2S/c17-9-3-4-12-10(6-9)13(8-19-12)20-16(22)11(18)7-14(21)15-2-1-5-23-15/h1-6,8,11,19H,7,18H2,(H,20,22). The molecule has 0 saturated carbocycles. The Balaban J connectivity index is 1.70. The van der Waals surface area contributed by atoms with Crippen molar-refractivity contribution in [3.8, 4) is 0 Å². The van der Waals surface area contributed by atoms with Crippen LogP contribution in [-0.2, 0) is 4.79 Å². The Kier molecular flexibility index (Phi) is 4.61. The average molecular weight is 392 g/mol. The van der Waals surface area contributed by atoms with E-state index in [9.17, 15) is 9.59 Å². The van der Waals surface area contributed by atoms with Crippen LogP contribution in [0, 0.1) is 0 Å². The van der Waals surface area contributed by atoms with Crippen molar-refractivity contribution in [1.82, 2.24) is 4.98 Å². The predicted molar refractivity (Wildman–Crippen MR) is 95.9 cm³/mol. The highest BCUT2D eigenvalue weighted by molar-refractivity contribution is 9.10. The minimum absolute atomic E-state index is 0.0155. The first kappa shape index (κ1) is 15.9. The van der Waals surface area contributed by atoms with Crippen molar-refractivity contribution in [2.75, 3.05) is 5.32 Å². The number of carbonyl (C=O) groups is 2. The van der Waals surface area contributed by atoms with E-state index < -0.39 is 6.04 Å². The number of hydrogen-bond acceptors (Lipinski definition) is 4. The Hall–Kier alpha value is -1.96. The molecule has 1 amide bonds. The summed E-state index contributed by atoms with van der Waals surface area (Å²) in [7, 11) is 0. The highest BCUT2D eigenvalue weighted by Crippen LogP contribution is 2.26. The van der Waals surface area contributed by atoms with E-state index in [0.717, 1.165) is 15.4 Å². The average Bonchev–Trinajstić information content (AvgIpc) is 3.17. The number of nitrogens with one attached hydrogen (secondary N) is 2. The summed E-state index contributed by atoms with van der Waals surface area (Å²) in [6.45, 7) is 0. The first-order chi connectivity index (χ1) is 11.0. The van der Waals surface area contributed by atoms with Gasteiger partial charge in [-0.05, 0) is 29.6 Å². The minimum Gasteiger partial charge on any atom is -0.359 e. The van der Waals surface area contributed by atoms with Crippen LogP contribution in [-0.4, -0.2) is 22.7 Å².